The quantitative estimate of drug-likeness (QED) is 0.471. The number of halogens is 1. The van der Waals surface area contributed by atoms with Gasteiger partial charge in [0.25, 0.3) is 10.0 Å². The standard InChI is InChI=1S/C16H14ClNO4S/c1-22-16(19)12-11-13-7-5-6-10-15(13)23(20,21)18(17)14-8-3-2-4-9-14/h2-12H,1H3. The first kappa shape index (κ1) is 17.1. The van der Waals surface area contributed by atoms with E-state index in [0.717, 1.165) is 6.08 Å². The van der Waals surface area contributed by atoms with Crippen LogP contribution < -0.4 is 3.82 Å². The van der Waals surface area contributed by atoms with Crippen molar-refractivity contribution in [2.75, 3.05) is 10.9 Å². The third-order valence-corrected chi connectivity index (χ3v) is 5.27. The molecule has 23 heavy (non-hydrogen) atoms. The normalized spacial score (nSPS) is 11.4. The summed E-state index contributed by atoms with van der Waals surface area (Å²) in [5, 5.41) is 0. The summed E-state index contributed by atoms with van der Waals surface area (Å²) in [6, 6.07) is 14.5. The van der Waals surface area contributed by atoms with E-state index in [0.29, 0.717) is 15.1 Å². The van der Waals surface area contributed by atoms with E-state index in [9.17, 15) is 13.2 Å². The Balaban J connectivity index is 2.45. The Morgan fingerprint density at radius 1 is 1.09 bits per heavy atom. The summed E-state index contributed by atoms with van der Waals surface area (Å²) in [4.78, 5) is 11.2. The minimum atomic E-state index is -3.98. The zero-order valence-corrected chi connectivity index (χ0v) is 13.8. The molecule has 0 radical (unpaired) electrons. The molecule has 0 unspecified atom stereocenters. The van der Waals surface area contributed by atoms with Crippen LogP contribution in [0.4, 0.5) is 5.69 Å². The lowest BCUT2D eigenvalue weighted by atomic mass is 10.2. The number of sulfonamides is 1. The summed E-state index contributed by atoms with van der Waals surface area (Å²) in [6.07, 6.45) is 2.52. The summed E-state index contributed by atoms with van der Waals surface area (Å²) in [5.41, 5.74) is 0.653. The van der Waals surface area contributed by atoms with Crippen LogP contribution in [0.1, 0.15) is 5.56 Å². The Morgan fingerprint density at radius 2 is 1.70 bits per heavy atom. The molecule has 0 fully saturated rings. The number of hydrogen-bond donors (Lipinski definition) is 0. The predicted molar refractivity (Wildman–Crippen MR) is 89.5 cm³/mol. The average Bonchev–Trinajstić information content (AvgIpc) is 2.59. The third-order valence-electron chi connectivity index (χ3n) is 2.97. The van der Waals surface area contributed by atoms with Crippen molar-refractivity contribution < 1.29 is 17.9 Å². The Morgan fingerprint density at radius 3 is 2.35 bits per heavy atom. The van der Waals surface area contributed by atoms with Crippen LogP contribution in [0.3, 0.4) is 0 Å². The minimum Gasteiger partial charge on any atom is -0.466 e. The van der Waals surface area contributed by atoms with Crippen molar-refractivity contribution in [1.82, 2.24) is 0 Å². The Labute approximate surface area is 139 Å². The lowest BCUT2D eigenvalue weighted by molar-refractivity contribution is -0.134. The fourth-order valence-corrected chi connectivity index (χ4v) is 3.44. The van der Waals surface area contributed by atoms with Crippen LogP contribution in [0, 0.1) is 0 Å². The molecule has 0 saturated heterocycles. The fraction of sp³-hybridized carbons (Fsp3) is 0.0625. The van der Waals surface area contributed by atoms with Crippen LogP contribution in [0.15, 0.2) is 65.6 Å². The number of methoxy groups -OCH3 is 1. The van der Waals surface area contributed by atoms with Crippen molar-refractivity contribution in [2.45, 2.75) is 4.90 Å². The highest BCUT2D eigenvalue weighted by molar-refractivity contribution is 7.94. The predicted octanol–water partition coefficient (Wildman–Crippen LogP) is 3.22. The molecule has 0 bridgehead atoms. The van der Waals surface area contributed by atoms with E-state index in [1.807, 2.05) is 0 Å². The van der Waals surface area contributed by atoms with Gasteiger partial charge in [0.2, 0.25) is 0 Å². The largest absolute Gasteiger partial charge is 0.466 e. The second-order valence-electron chi connectivity index (χ2n) is 4.45. The molecule has 2 aromatic carbocycles. The number of esters is 1. The first-order valence-corrected chi connectivity index (χ1v) is 8.36. The molecule has 0 aromatic heterocycles. The van der Waals surface area contributed by atoms with Crippen molar-refractivity contribution in [3.63, 3.8) is 0 Å². The first-order chi connectivity index (χ1) is 11.0. The van der Waals surface area contributed by atoms with Gasteiger partial charge < -0.3 is 4.74 Å². The second kappa shape index (κ2) is 7.30. The topological polar surface area (TPSA) is 63.7 Å². The molecular weight excluding hydrogens is 338 g/mol. The molecule has 0 atom stereocenters. The van der Waals surface area contributed by atoms with E-state index < -0.39 is 16.0 Å². The molecule has 0 amide bonds. The lowest BCUT2D eigenvalue weighted by Crippen LogP contribution is -2.22. The van der Waals surface area contributed by atoms with Crippen LogP contribution >= 0.6 is 11.8 Å². The number of carbonyl (C=O) groups is 1. The van der Waals surface area contributed by atoms with Crippen molar-refractivity contribution in [1.29, 1.82) is 0 Å². The molecule has 0 N–H and O–H groups in total. The minimum absolute atomic E-state index is 0.0148. The van der Waals surface area contributed by atoms with Crippen LogP contribution in [0.2, 0.25) is 0 Å². The van der Waals surface area contributed by atoms with Crippen molar-refractivity contribution >= 4 is 39.5 Å². The smallest absolute Gasteiger partial charge is 0.330 e. The molecule has 0 aliphatic carbocycles. The monoisotopic (exact) mass is 351 g/mol. The summed E-state index contributed by atoms with van der Waals surface area (Å²) in [7, 11) is -2.74. The lowest BCUT2D eigenvalue weighted by Gasteiger charge is -2.17. The van der Waals surface area contributed by atoms with Gasteiger partial charge in [-0.1, -0.05) is 36.4 Å². The number of nitrogens with zero attached hydrogens (tertiary/aromatic N) is 1. The zero-order chi connectivity index (χ0) is 16.9. The average molecular weight is 352 g/mol. The van der Waals surface area contributed by atoms with E-state index in [4.69, 9.17) is 11.8 Å². The van der Waals surface area contributed by atoms with Gasteiger partial charge in [-0.05, 0) is 29.8 Å². The van der Waals surface area contributed by atoms with Crippen molar-refractivity contribution in [3.05, 3.63) is 66.2 Å². The molecule has 0 saturated carbocycles. The van der Waals surface area contributed by atoms with Gasteiger partial charge in [0, 0.05) is 17.9 Å². The van der Waals surface area contributed by atoms with Gasteiger partial charge in [-0.25, -0.2) is 4.79 Å². The third kappa shape index (κ3) is 3.91. The van der Waals surface area contributed by atoms with E-state index >= 15 is 0 Å². The molecular formula is C16H14ClNO4S. The van der Waals surface area contributed by atoms with Gasteiger partial charge in [0.15, 0.2) is 0 Å². The molecule has 2 aromatic rings. The molecule has 0 aliphatic heterocycles. The van der Waals surface area contributed by atoms with Crippen LogP contribution in [-0.2, 0) is 19.6 Å². The van der Waals surface area contributed by atoms with Crippen LogP contribution in [0.5, 0.6) is 0 Å². The maximum Gasteiger partial charge on any atom is 0.330 e. The number of para-hydroxylation sites is 1. The number of rotatable bonds is 5. The second-order valence-corrected chi connectivity index (χ2v) is 6.74. The van der Waals surface area contributed by atoms with E-state index in [1.165, 1.54) is 19.3 Å². The highest BCUT2D eigenvalue weighted by Crippen LogP contribution is 2.28. The number of benzene rings is 2. The summed E-state index contributed by atoms with van der Waals surface area (Å²) >= 11 is 6.02. The van der Waals surface area contributed by atoms with E-state index in [-0.39, 0.29) is 4.90 Å². The summed E-state index contributed by atoms with van der Waals surface area (Å²) < 4.78 is 30.6. The Hall–Kier alpha value is -2.31. The Bertz CT molecular complexity index is 819. The molecule has 7 heteroatoms. The molecule has 2 rings (SSSR count). The van der Waals surface area contributed by atoms with Gasteiger partial charge in [-0.2, -0.15) is 12.2 Å². The van der Waals surface area contributed by atoms with Gasteiger partial charge in [0.1, 0.15) is 0 Å². The first-order valence-electron chi connectivity index (χ1n) is 6.58. The molecule has 120 valence electrons. The van der Waals surface area contributed by atoms with Gasteiger partial charge >= 0.3 is 5.97 Å². The van der Waals surface area contributed by atoms with Gasteiger partial charge in [-0.3, -0.25) is 0 Å². The number of hydrogen-bond acceptors (Lipinski definition) is 4. The van der Waals surface area contributed by atoms with Gasteiger partial charge in [0.05, 0.1) is 17.7 Å². The zero-order valence-electron chi connectivity index (χ0n) is 12.2. The molecule has 0 aliphatic rings. The number of ether oxygens (including phenoxy) is 1. The van der Waals surface area contributed by atoms with Crippen LogP contribution in [0.25, 0.3) is 6.08 Å². The SMILES string of the molecule is COC(=O)C=Cc1ccccc1S(=O)(=O)N(Cl)c1ccccc1. The van der Waals surface area contributed by atoms with E-state index in [1.54, 1.807) is 48.5 Å². The highest BCUT2D eigenvalue weighted by Gasteiger charge is 2.25. The molecule has 5 nitrogen and oxygen atoms in total. The van der Waals surface area contributed by atoms with Crippen molar-refractivity contribution in [3.8, 4) is 0 Å². The summed E-state index contributed by atoms with van der Waals surface area (Å²) in [5.74, 6) is -0.581. The maximum absolute atomic E-state index is 12.7. The van der Waals surface area contributed by atoms with Crippen molar-refractivity contribution in [2.24, 2.45) is 0 Å². The maximum atomic E-state index is 12.7. The fourth-order valence-electron chi connectivity index (χ4n) is 1.85. The highest BCUT2D eigenvalue weighted by atomic mass is 35.5. The number of carbonyl (C=O) groups excluding carboxylic acids is 1. The molecule has 0 spiro atoms. The van der Waals surface area contributed by atoms with Crippen LogP contribution in [-0.4, -0.2) is 21.5 Å². The Kier molecular flexibility index (Phi) is 5.41. The number of anilines is 1. The summed E-state index contributed by atoms with van der Waals surface area (Å²) in [6.45, 7) is 0. The van der Waals surface area contributed by atoms with E-state index in [2.05, 4.69) is 4.74 Å². The van der Waals surface area contributed by atoms with Gasteiger partial charge in [-0.15, -0.1) is 0 Å². The molecule has 0 heterocycles.